The molecule has 29 heavy (non-hydrogen) atoms. The molecule has 150 valence electrons. The van der Waals surface area contributed by atoms with E-state index in [1.807, 2.05) is 0 Å². The topological polar surface area (TPSA) is 110 Å². The first-order valence-electron chi connectivity index (χ1n) is 8.41. The minimum Gasteiger partial charge on any atom is -0.321 e. The van der Waals surface area contributed by atoms with E-state index in [0.717, 1.165) is 10.7 Å². The summed E-state index contributed by atoms with van der Waals surface area (Å²) in [5.74, 6) is -1.33. The Kier molecular flexibility index (Phi) is 5.46. The molecule has 3 rings (SSSR count). The lowest BCUT2D eigenvalue weighted by Gasteiger charge is -2.13. The molecule has 0 aliphatic heterocycles. The Bertz CT molecular complexity index is 1260. The second-order valence-electron chi connectivity index (χ2n) is 6.20. The molecule has 3 aromatic rings. The second-order valence-corrected chi connectivity index (χ2v) is 7.85. The minimum absolute atomic E-state index is 0.0124. The predicted octanol–water partition coefficient (Wildman–Crippen LogP) is 2.28. The summed E-state index contributed by atoms with van der Waals surface area (Å²) in [6.45, 7) is 1.58. The summed E-state index contributed by atoms with van der Waals surface area (Å²) in [6, 6.07) is 12.2. The number of halogens is 1. The van der Waals surface area contributed by atoms with Crippen LogP contribution in [0.5, 0.6) is 0 Å². The zero-order valence-electron chi connectivity index (χ0n) is 15.5. The van der Waals surface area contributed by atoms with Crippen LogP contribution in [0.15, 0.2) is 64.3 Å². The van der Waals surface area contributed by atoms with Crippen LogP contribution in [0.3, 0.4) is 0 Å². The first-order chi connectivity index (χ1) is 13.7. The number of carbonyl (C=O) groups is 1. The van der Waals surface area contributed by atoms with Crippen LogP contribution in [0, 0.1) is 12.7 Å². The van der Waals surface area contributed by atoms with Gasteiger partial charge < -0.3 is 5.32 Å². The molecule has 0 unspecified atom stereocenters. The van der Waals surface area contributed by atoms with Crippen molar-refractivity contribution < 1.29 is 17.6 Å². The standard InChI is InChI=1S/C19H17FN4O4S/c1-12-7-8-13(21-19(26)16-9-10-18(25)24(2)22-16)11-17(12)29(27,28)23-15-6-4-3-5-14(15)20/h3-11,23H,1-2H3,(H,21,26). The van der Waals surface area contributed by atoms with Crippen LogP contribution >= 0.6 is 0 Å². The Morgan fingerprint density at radius 2 is 1.83 bits per heavy atom. The van der Waals surface area contributed by atoms with Gasteiger partial charge in [-0.25, -0.2) is 17.5 Å². The number of amides is 1. The average Bonchev–Trinajstić information content (AvgIpc) is 2.67. The lowest BCUT2D eigenvalue weighted by atomic mass is 10.2. The van der Waals surface area contributed by atoms with Gasteiger partial charge in [-0.2, -0.15) is 5.10 Å². The largest absolute Gasteiger partial charge is 0.321 e. The number of rotatable bonds is 5. The third-order valence-corrected chi connectivity index (χ3v) is 5.55. The first kappa shape index (κ1) is 20.2. The van der Waals surface area contributed by atoms with Gasteiger partial charge in [-0.3, -0.25) is 14.3 Å². The molecule has 0 spiro atoms. The van der Waals surface area contributed by atoms with Crippen molar-refractivity contribution in [3.05, 3.63) is 82.0 Å². The van der Waals surface area contributed by atoms with Gasteiger partial charge in [0.1, 0.15) is 11.5 Å². The number of benzene rings is 2. The fraction of sp³-hybridized carbons (Fsp3) is 0.105. The molecule has 0 aliphatic rings. The summed E-state index contributed by atoms with van der Waals surface area (Å²) in [7, 11) is -2.70. The van der Waals surface area contributed by atoms with Crippen LogP contribution in [-0.4, -0.2) is 24.1 Å². The Morgan fingerprint density at radius 3 is 2.52 bits per heavy atom. The molecule has 8 nitrogen and oxygen atoms in total. The number of nitrogens with one attached hydrogen (secondary N) is 2. The molecule has 0 fully saturated rings. The summed E-state index contributed by atoms with van der Waals surface area (Å²) >= 11 is 0. The number of aromatic nitrogens is 2. The van der Waals surface area contributed by atoms with E-state index in [-0.39, 0.29) is 27.5 Å². The normalized spacial score (nSPS) is 11.1. The lowest BCUT2D eigenvalue weighted by molar-refractivity contribution is 0.102. The van der Waals surface area contributed by atoms with Crippen molar-refractivity contribution >= 4 is 27.3 Å². The molecule has 0 bridgehead atoms. The van der Waals surface area contributed by atoms with Gasteiger partial charge >= 0.3 is 0 Å². The van der Waals surface area contributed by atoms with E-state index in [0.29, 0.717) is 5.56 Å². The van der Waals surface area contributed by atoms with Crippen LogP contribution in [0.4, 0.5) is 15.8 Å². The monoisotopic (exact) mass is 416 g/mol. The summed E-state index contributed by atoms with van der Waals surface area (Å²) in [5, 5.41) is 6.38. The van der Waals surface area contributed by atoms with Gasteiger partial charge in [-0.1, -0.05) is 18.2 Å². The molecule has 2 N–H and O–H groups in total. The minimum atomic E-state index is -4.10. The zero-order chi connectivity index (χ0) is 21.2. The smallest absolute Gasteiger partial charge is 0.276 e. The van der Waals surface area contributed by atoms with Crippen LogP contribution < -0.4 is 15.6 Å². The molecule has 0 saturated heterocycles. The van der Waals surface area contributed by atoms with Crippen molar-refractivity contribution in [3.63, 3.8) is 0 Å². The van der Waals surface area contributed by atoms with Gasteiger partial charge in [0.2, 0.25) is 0 Å². The second kappa shape index (κ2) is 7.84. The van der Waals surface area contributed by atoms with Crippen LogP contribution in [-0.2, 0) is 17.1 Å². The summed E-state index contributed by atoms with van der Waals surface area (Å²) in [6.07, 6.45) is 0. The van der Waals surface area contributed by atoms with Crippen molar-refractivity contribution in [2.75, 3.05) is 10.0 Å². The molecule has 2 aromatic carbocycles. The third kappa shape index (κ3) is 4.49. The number of para-hydroxylation sites is 1. The number of nitrogens with zero attached hydrogens (tertiary/aromatic N) is 2. The summed E-state index contributed by atoms with van der Waals surface area (Å²) in [4.78, 5) is 23.6. The zero-order valence-corrected chi connectivity index (χ0v) is 16.3. The average molecular weight is 416 g/mol. The predicted molar refractivity (Wildman–Crippen MR) is 106 cm³/mol. The molecule has 0 atom stereocenters. The molecule has 10 heteroatoms. The summed E-state index contributed by atoms with van der Waals surface area (Å²) in [5.41, 5.74) is 0.0408. The number of hydrogen-bond donors (Lipinski definition) is 2. The van der Waals surface area contributed by atoms with Gasteiger partial charge in [0.05, 0.1) is 10.6 Å². The Balaban J connectivity index is 1.89. The van der Waals surface area contributed by atoms with E-state index >= 15 is 0 Å². The number of sulfonamides is 1. The third-order valence-electron chi connectivity index (χ3n) is 4.05. The maximum Gasteiger partial charge on any atom is 0.276 e. The SMILES string of the molecule is Cc1ccc(NC(=O)c2ccc(=O)n(C)n2)cc1S(=O)(=O)Nc1ccccc1F. The highest BCUT2D eigenvalue weighted by molar-refractivity contribution is 7.92. The van der Waals surface area contributed by atoms with Gasteiger partial charge in [0.15, 0.2) is 0 Å². The lowest BCUT2D eigenvalue weighted by Crippen LogP contribution is -2.23. The van der Waals surface area contributed by atoms with Crippen molar-refractivity contribution in [2.45, 2.75) is 11.8 Å². The number of aryl methyl sites for hydroxylation is 2. The van der Waals surface area contributed by atoms with Crippen LogP contribution in [0.1, 0.15) is 16.1 Å². The maximum absolute atomic E-state index is 13.8. The highest BCUT2D eigenvalue weighted by atomic mass is 32.2. The maximum atomic E-state index is 13.8. The molecular formula is C19H17FN4O4S. The van der Waals surface area contributed by atoms with E-state index in [4.69, 9.17) is 0 Å². The van der Waals surface area contributed by atoms with E-state index in [1.165, 1.54) is 55.6 Å². The molecular weight excluding hydrogens is 399 g/mol. The molecule has 1 aromatic heterocycles. The Morgan fingerprint density at radius 1 is 1.10 bits per heavy atom. The first-order valence-corrected chi connectivity index (χ1v) is 9.89. The Hall–Kier alpha value is -3.53. The van der Waals surface area contributed by atoms with Gasteiger partial charge in [-0.05, 0) is 42.8 Å². The van der Waals surface area contributed by atoms with Gasteiger partial charge in [0.25, 0.3) is 21.5 Å². The Labute approximate surface area is 166 Å². The van der Waals surface area contributed by atoms with Crippen molar-refractivity contribution in [3.8, 4) is 0 Å². The fourth-order valence-corrected chi connectivity index (χ4v) is 3.87. The van der Waals surface area contributed by atoms with Gasteiger partial charge in [0, 0.05) is 18.8 Å². The van der Waals surface area contributed by atoms with E-state index < -0.39 is 21.7 Å². The quantitative estimate of drug-likeness (QED) is 0.663. The van der Waals surface area contributed by atoms with Crippen molar-refractivity contribution in [2.24, 2.45) is 7.05 Å². The highest BCUT2D eigenvalue weighted by Crippen LogP contribution is 2.24. The molecule has 0 radical (unpaired) electrons. The molecule has 1 heterocycles. The highest BCUT2D eigenvalue weighted by Gasteiger charge is 2.20. The van der Waals surface area contributed by atoms with Crippen LogP contribution in [0.25, 0.3) is 0 Å². The van der Waals surface area contributed by atoms with Crippen molar-refractivity contribution in [1.82, 2.24) is 9.78 Å². The molecule has 1 amide bonds. The number of hydrogen-bond acceptors (Lipinski definition) is 5. The molecule has 0 aliphatic carbocycles. The number of carbonyl (C=O) groups excluding carboxylic acids is 1. The van der Waals surface area contributed by atoms with Gasteiger partial charge in [-0.15, -0.1) is 0 Å². The van der Waals surface area contributed by atoms with E-state index in [2.05, 4.69) is 15.1 Å². The van der Waals surface area contributed by atoms with Crippen molar-refractivity contribution in [1.29, 1.82) is 0 Å². The summed E-state index contributed by atoms with van der Waals surface area (Å²) < 4.78 is 42.5. The number of anilines is 2. The molecule has 0 saturated carbocycles. The fourth-order valence-electron chi connectivity index (χ4n) is 2.53. The van der Waals surface area contributed by atoms with E-state index in [9.17, 15) is 22.4 Å². The van der Waals surface area contributed by atoms with E-state index in [1.54, 1.807) is 6.92 Å². The van der Waals surface area contributed by atoms with Crippen LogP contribution in [0.2, 0.25) is 0 Å².